The van der Waals surface area contributed by atoms with E-state index in [4.69, 9.17) is 0 Å². The molecule has 1 fully saturated rings. The van der Waals surface area contributed by atoms with E-state index in [-0.39, 0.29) is 0 Å². The molecule has 1 aliphatic rings. The van der Waals surface area contributed by atoms with Gasteiger partial charge in [0, 0.05) is 0 Å². The van der Waals surface area contributed by atoms with Crippen LogP contribution in [0.2, 0.25) is 0 Å². The van der Waals surface area contributed by atoms with Crippen molar-refractivity contribution < 1.29 is 0 Å². The molecule has 0 aliphatic heterocycles. The molecule has 0 aromatic rings. The van der Waals surface area contributed by atoms with Crippen LogP contribution in [0.4, 0.5) is 0 Å². The van der Waals surface area contributed by atoms with Crippen LogP contribution < -0.4 is 0 Å². The molecule has 54 valence electrons. The smallest absolute Gasteiger partial charge is 0.0309 e. The molecule has 0 saturated heterocycles. The van der Waals surface area contributed by atoms with Crippen molar-refractivity contribution in [2.45, 2.75) is 41.0 Å². The second-order valence-corrected chi connectivity index (χ2v) is 5.11. The fraction of sp³-hybridized carbons (Fsp3) is 1.00. The highest BCUT2D eigenvalue weighted by Gasteiger charge is 2.51. The SMILES string of the molecule is CC(C)(C)[C@H]1CC1(C)C. The summed E-state index contributed by atoms with van der Waals surface area (Å²) in [6.07, 6.45) is 1.43. The highest BCUT2D eigenvalue weighted by Crippen LogP contribution is 2.60. The van der Waals surface area contributed by atoms with Crippen LogP contribution in [0.25, 0.3) is 0 Å². The lowest BCUT2D eigenvalue weighted by Gasteiger charge is -2.19. The highest BCUT2D eigenvalue weighted by molar-refractivity contribution is 5.00. The van der Waals surface area contributed by atoms with E-state index in [2.05, 4.69) is 34.6 Å². The molecule has 0 heteroatoms. The number of hydrogen-bond donors (Lipinski definition) is 0. The zero-order valence-electron chi connectivity index (χ0n) is 7.28. The molecule has 1 saturated carbocycles. The van der Waals surface area contributed by atoms with Gasteiger partial charge in [-0.2, -0.15) is 0 Å². The second kappa shape index (κ2) is 1.53. The summed E-state index contributed by atoms with van der Waals surface area (Å²) in [6.45, 7) is 11.7. The predicted octanol–water partition coefficient (Wildman–Crippen LogP) is 3.08. The van der Waals surface area contributed by atoms with E-state index in [1.165, 1.54) is 6.42 Å². The molecule has 1 rings (SSSR count). The average Bonchev–Trinajstić information content (AvgIpc) is 2.10. The van der Waals surface area contributed by atoms with E-state index in [1.54, 1.807) is 0 Å². The average molecular weight is 126 g/mol. The van der Waals surface area contributed by atoms with E-state index in [9.17, 15) is 0 Å². The van der Waals surface area contributed by atoms with E-state index < -0.39 is 0 Å². The molecule has 0 nitrogen and oxygen atoms in total. The third kappa shape index (κ3) is 1.28. The Morgan fingerprint density at radius 3 is 1.56 bits per heavy atom. The van der Waals surface area contributed by atoms with Crippen LogP contribution in [0, 0.1) is 16.7 Å². The Bertz CT molecular complexity index is 114. The van der Waals surface area contributed by atoms with Gasteiger partial charge in [-0.05, 0) is 23.2 Å². The number of hydrogen-bond acceptors (Lipinski definition) is 0. The van der Waals surface area contributed by atoms with Crippen molar-refractivity contribution >= 4 is 0 Å². The summed E-state index contributed by atoms with van der Waals surface area (Å²) in [7, 11) is 0. The summed E-state index contributed by atoms with van der Waals surface area (Å²) < 4.78 is 0. The van der Waals surface area contributed by atoms with Gasteiger partial charge in [0.05, 0.1) is 0 Å². The number of rotatable bonds is 0. The van der Waals surface area contributed by atoms with Crippen molar-refractivity contribution in [3.8, 4) is 0 Å². The van der Waals surface area contributed by atoms with Crippen molar-refractivity contribution in [1.29, 1.82) is 0 Å². The predicted molar refractivity (Wildman–Crippen MR) is 41.3 cm³/mol. The van der Waals surface area contributed by atoms with Crippen LogP contribution in [0.1, 0.15) is 41.0 Å². The maximum absolute atomic E-state index is 2.36. The van der Waals surface area contributed by atoms with Gasteiger partial charge in [0.15, 0.2) is 0 Å². The minimum absolute atomic E-state index is 0.545. The highest BCUT2D eigenvalue weighted by atomic mass is 14.6. The largest absolute Gasteiger partial charge is 0.0599 e. The Kier molecular flexibility index (Phi) is 1.21. The summed E-state index contributed by atoms with van der Waals surface area (Å²) in [5, 5.41) is 0. The molecule has 9 heavy (non-hydrogen) atoms. The van der Waals surface area contributed by atoms with Gasteiger partial charge < -0.3 is 0 Å². The van der Waals surface area contributed by atoms with Crippen LogP contribution in [0.5, 0.6) is 0 Å². The maximum atomic E-state index is 2.36. The van der Waals surface area contributed by atoms with Crippen molar-refractivity contribution in [2.24, 2.45) is 16.7 Å². The molecule has 1 atom stereocenters. The van der Waals surface area contributed by atoms with Crippen molar-refractivity contribution in [2.75, 3.05) is 0 Å². The Labute approximate surface area is 58.7 Å². The molecule has 1 aliphatic carbocycles. The zero-order valence-corrected chi connectivity index (χ0v) is 7.28. The lowest BCUT2D eigenvalue weighted by molar-refractivity contribution is 0.301. The minimum Gasteiger partial charge on any atom is -0.0599 e. The molecule has 0 bridgehead atoms. The fourth-order valence-electron chi connectivity index (χ4n) is 1.95. The summed E-state index contributed by atoms with van der Waals surface area (Å²) in [5.74, 6) is 0.963. The Morgan fingerprint density at radius 1 is 1.22 bits per heavy atom. The van der Waals surface area contributed by atoms with Crippen LogP contribution in [-0.4, -0.2) is 0 Å². The molecule has 0 heterocycles. The summed E-state index contributed by atoms with van der Waals surface area (Å²) in [5.41, 5.74) is 1.20. The normalized spacial score (nSPS) is 32.3. The Balaban J connectivity index is 2.52. The van der Waals surface area contributed by atoms with Gasteiger partial charge in [0.25, 0.3) is 0 Å². The van der Waals surface area contributed by atoms with E-state index >= 15 is 0 Å². The van der Waals surface area contributed by atoms with Gasteiger partial charge in [-0.25, -0.2) is 0 Å². The topological polar surface area (TPSA) is 0 Å². The monoisotopic (exact) mass is 126 g/mol. The van der Waals surface area contributed by atoms with Gasteiger partial charge in [0.2, 0.25) is 0 Å². The third-order valence-corrected chi connectivity index (χ3v) is 2.56. The van der Waals surface area contributed by atoms with E-state index in [1.807, 2.05) is 0 Å². The molecular weight excluding hydrogens is 108 g/mol. The lowest BCUT2D eigenvalue weighted by Crippen LogP contribution is -2.11. The lowest BCUT2D eigenvalue weighted by atomic mass is 9.86. The van der Waals surface area contributed by atoms with Gasteiger partial charge in [-0.3, -0.25) is 0 Å². The van der Waals surface area contributed by atoms with Gasteiger partial charge >= 0.3 is 0 Å². The van der Waals surface area contributed by atoms with Crippen LogP contribution in [0.3, 0.4) is 0 Å². The first kappa shape index (κ1) is 7.11. The zero-order chi connectivity index (χ0) is 7.28. The third-order valence-electron chi connectivity index (χ3n) is 2.56. The Hall–Kier alpha value is 0. The van der Waals surface area contributed by atoms with Gasteiger partial charge in [0.1, 0.15) is 0 Å². The van der Waals surface area contributed by atoms with Crippen molar-refractivity contribution in [3.63, 3.8) is 0 Å². The van der Waals surface area contributed by atoms with Crippen molar-refractivity contribution in [3.05, 3.63) is 0 Å². The summed E-state index contributed by atoms with van der Waals surface area (Å²) >= 11 is 0. The minimum atomic E-state index is 0.545. The van der Waals surface area contributed by atoms with E-state index in [0.29, 0.717) is 10.8 Å². The quantitative estimate of drug-likeness (QED) is 0.468. The second-order valence-electron chi connectivity index (χ2n) is 5.11. The molecular formula is C9H18. The van der Waals surface area contributed by atoms with Crippen LogP contribution in [0.15, 0.2) is 0 Å². The summed E-state index contributed by atoms with van der Waals surface area (Å²) in [4.78, 5) is 0. The van der Waals surface area contributed by atoms with Gasteiger partial charge in [-0.1, -0.05) is 34.6 Å². The first-order valence-electron chi connectivity index (χ1n) is 3.84. The molecule has 0 radical (unpaired) electrons. The molecule has 0 spiro atoms. The fourth-order valence-corrected chi connectivity index (χ4v) is 1.95. The van der Waals surface area contributed by atoms with Gasteiger partial charge in [-0.15, -0.1) is 0 Å². The van der Waals surface area contributed by atoms with Crippen LogP contribution in [-0.2, 0) is 0 Å². The van der Waals surface area contributed by atoms with Crippen molar-refractivity contribution in [1.82, 2.24) is 0 Å². The first-order chi connectivity index (χ1) is 3.84. The Morgan fingerprint density at radius 2 is 1.56 bits per heavy atom. The molecule has 0 amide bonds. The standard InChI is InChI=1S/C9H18/c1-8(2,3)7-6-9(7,4)5/h7H,6H2,1-5H3/t7-/m1/s1. The molecule has 0 aromatic carbocycles. The van der Waals surface area contributed by atoms with E-state index in [0.717, 1.165) is 5.92 Å². The molecule has 0 aromatic heterocycles. The summed E-state index contributed by atoms with van der Waals surface area (Å²) in [6, 6.07) is 0. The first-order valence-corrected chi connectivity index (χ1v) is 3.84. The maximum Gasteiger partial charge on any atom is -0.0309 e. The molecule has 0 unspecified atom stereocenters. The molecule has 0 N–H and O–H groups in total. The van der Waals surface area contributed by atoms with Crippen LogP contribution >= 0.6 is 0 Å².